The van der Waals surface area contributed by atoms with Crippen LogP contribution in [-0.4, -0.2) is 48.9 Å². The summed E-state index contributed by atoms with van der Waals surface area (Å²) in [7, 11) is 4.09. The number of nitrogens with two attached hydrogens (primary N) is 1. The van der Waals surface area contributed by atoms with Crippen LogP contribution in [0.25, 0.3) is 10.9 Å². The Morgan fingerprint density at radius 2 is 1.67 bits per heavy atom. The van der Waals surface area contributed by atoms with Crippen LogP contribution in [0.2, 0.25) is 0 Å². The van der Waals surface area contributed by atoms with Crippen LogP contribution in [0.4, 0.5) is 10.1 Å². The Morgan fingerprint density at radius 3 is 2.26 bits per heavy atom. The van der Waals surface area contributed by atoms with Gasteiger partial charge in [-0.3, -0.25) is 24.3 Å². The number of amidine groups is 1. The monoisotopic (exact) mass is 584 g/mol. The lowest BCUT2D eigenvalue weighted by Gasteiger charge is -2.26. The van der Waals surface area contributed by atoms with Gasteiger partial charge in [-0.05, 0) is 59.5 Å². The summed E-state index contributed by atoms with van der Waals surface area (Å²) >= 11 is 0. The highest BCUT2D eigenvalue weighted by molar-refractivity contribution is 5.99. The molecule has 0 radical (unpaired) electrons. The number of aromatic nitrogens is 1. The molecule has 0 fully saturated rings. The Hall–Kier alpha value is -5.27. The number of halogens is 1. The number of quaternary nitrogens is 1. The van der Waals surface area contributed by atoms with Gasteiger partial charge in [0.15, 0.2) is 0 Å². The maximum absolute atomic E-state index is 13.9. The number of rotatable bonds is 8. The molecular weight excluding hydrogens is 549 g/mol. The van der Waals surface area contributed by atoms with E-state index in [-0.39, 0.29) is 17.6 Å². The van der Waals surface area contributed by atoms with Crippen molar-refractivity contribution in [3.05, 3.63) is 101 Å². The van der Waals surface area contributed by atoms with Crippen LogP contribution in [0, 0.1) is 23.6 Å². The zero-order chi connectivity index (χ0) is 31.7. The molecule has 0 atom stereocenters. The van der Waals surface area contributed by atoms with Crippen molar-refractivity contribution in [1.29, 1.82) is 5.41 Å². The van der Waals surface area contributed by atoms with Crippen LogP contribution >= 0.6 is 0 Å². The molecule has 0 unspecified atom stereocenters. The van der Waals surface area contributed by atoms with Gasteiger partial charge in [-0.15, -0.1) is 6.42 Å². The fourth-order valence-corrected chi connectivity index (χ4v) is 4.43. The molecule has 222 valence electrons. The van der Waals surface area contributed by atoms with Gasteiger partial charge in [0.2, 0.25) is 0 Å². The number of carbonyl (C=O) groups is 3. The molecule has 1 amide bonds. The Morgan fingerprint density at radius 1 is 1.00 bits per heavy atom. The summed E-state index contributed by atoms with van der Waals surface area (Å²) in [6.07, 6.45) is 5.48. The van der Waals surface area contributed by atoms with Crippen LogP contribution in [-0.2, 0) is 27.4 Å². The predicted molar refractivity (Wildman–Crippen MR) is 166 cm³/mol. The zero-order valence-electron chi connectivity index (χ0n) is 24.6. The van der Waals surface area contributed by atoms with Crippen LogP contribution in [0.15, 0.2) is 72.8 Å². The summed E-state index contributed by atoms with van der Waals surface area (Å²) in [5.74, 6) is 0.920. The number of ether oxygens (including phenoxy) is 1. The number of benzene rings is 3. The zero-order valence-corrected chi connectivity index (χ0v) is 24.6. The average Bonchev–Trinajstić information content (AvgIpc) is 3.28. The minimum absolute atomic E-state index is 0.0262. The van der Waals surface area contributed by atoms with E-state index in [2.05, 4.69) is 16.0 Å². The normalized spacial score (nSPS) is 10.7. The minimum atomic E-state index is -0.562. The van der Waals surface area contributed by atoms with Crippen molar-refractivity contribution >= 4 is 40.3 Å². The number of fused-ring (bicyclic) bond motifs is 1. The summed E-state index contributed by atoms with van der Waals surface area (Å²) < 4.78 is 20.3. The second-order valence-electron chi connectivity index (χ2n) is 10.4. The molecule has 4 N–H and O–H groups in total. The number of hydrogen-bond acceptors (Lipinski definition) is 5. The second kappa shape index (κ2) is 14.1. The third kappa shape index (κ3) is 8.86. The Bertz CT molecular complexity index is 1690. The van der Waals surface area contributed by atoms with E-state index >= 15 is 0 Å². The lowest BCUT2D eigenvalue weighted by molar-refractivity contribution is -0.156. The maximum atomic E-state index is 13.9. The first kappa shape index (κ1) is 32.2. The molecule has 0 saturated carbocycles. The average molecular weight is 585 g/mol. The molecular formula is C33H35FN5O4+. The van der Waals surface area contributed by atoms with Crippen LogP contribution in [0.5, 0.6) is 0 Å². The smallest absolute Gasteiger partial charge is 0.310 e. The van der Waals surface area contributed by atoms with E-state index in [0.717, 1.165) is 22.3 Å². The number of terminal acetylenes is 1. The number of carbonyl (C=O) groups excluding carboxylic acids is 3. The van der Waals surface area contributed by atoms with Gasteiger partial charge in [0.05, 0.1) is 14.1 Å². The first-order chi connectivity index (χ1) is 20.3. The van der Waals surface area contributed by atoms with E-state index in [1.54, 1.807) is 18.2 Å². The van der Waals surface area contributed by atoms with Gasteiger partial charge in [0.25, 0.3) is 5.91 Å². The lowest BCUT2D eigenvalue weighted by atomic mass is 10.1. The molecule has 0 aliphatic heterocycles. The summed E-state index contributed by atoms with van der Waals surface area (Å²) in [4.78, 5) is 32.9. The lowest BCUT2D eigenvalue weighted by Crippen LogP contribution is -2.40. The molecule has 0 saturated heterocycles. The van der Waals surface area contributed by atoms with Crippen molar-refractivity contribution < 1.29 is 23.5 Å². The number of hydrogen-bond donors (Lipinski definition) is 3. The molecule has 3 aromatic carbocycles. The standard InChI is InChI=1S/C29H28FN5O.C4H6O3/c1-4-14-35(2,3)25-11-8-20(9-12-25)18-33-29(36)27-17-23-16-24(30)10-13-26(23)34(27)19-21-6-5-7-22(15-21)28(31)32;1-3(5)7-4(2)6/h1,5-13,15-17H,14,18-19H2,2-3H3,(H3-,31,32,33,36);1-2H3/p+1. The van der Waals surface area contributed by atoms with Gasteiger partial charge in [-0.2, -0.15) is 0 Å². The van der Waals surface area contributed by atoms with E-state index in [9.17, 15) is 18.8 Å². The van der Waals surface area contributed by atoms with Crippen LogP contribution in [0.3, 0.4) is 0 Å². The molecule has 43 heavy (non-hydrogen) atoms. The van der Waals surface area contributed by atoms with Crippen LogP contribution < -0.4 is 15.5 Å². The van der Waals surface area contributed by atoms with Crippen molar-refractivity contribution in [2.75, 3.05) is 20.6 Å². The van der Waals surface area contributed by atoms with E-state index in [0.29, 0.717) is 40.8 Å². The van der Waals surface area contributed by atoms with Crippen molar-refractivity contribution in [2.45, 2.75) is 26.9 Å². The molecule has 0 aliphatic carbocycles. The molecule has 9 nitrogen and oxygen atoms in total. The van der Waals surface area contributed by atoms with Gasteiger partial charge >= 0.3 is 11.9 Å². The second-order valence-corrected chi connectivity index (χ2v) is 10.4. The van der Waals surface area contributed by atoms with Gasteiger partial charge in [0.1, 0.15) is 29.6 Å². The Kier molecular flexibility index (Phi) is 10.6. The SMILES string of the molecule is C#CC[N+](C)(C)c1ccc(CNC(=O)c2cc3cc(F)ccc3n2Cc2cccc(C(=N)N)c2)cc1.CC(=O)OC(C)=O. The third-order valence-electron chi connectivity index (χ3n) is 6.54. The van der Waals surface area contributed by atoms with Gasteiger partial charge < -0.3 is 20.4 Å². The van der Waals surface area contributed by atoms with Gasteiger partial charge in [0, 0.05) is 43.4 Å². The van der Waals surface area contributed by atoms with Gasteiger partial charge in [-0.1, -0.05) is 30.3 Å². The molecule has 0 bridgehead atoms. The first-order valence-electron chi connectivity index (χ1n) is 13.4. The highest BCUT2D eigenvalue weighted by Crippen LogP contribution is 2.24. The van der Waals surface area contributed by atoms with Gasteiger partial charge in [-0.25, -0.2) is 4.39 Å². The summed E-state index contributed by atoms with van der Waals surface area (Å²) in [5.41, 5.74) is 10.3. The Balaban J connectivity index is 0.000000646. The van der Waals surface area contributed by atoms with Crippen molar-refractivity contribution in [1.82, 2.24) is 14.4 Å². The molecule has 1 heterocycles. The highest BCUT2D eigenvalue weighted by atomic mass is 19.1. The maximum Gasteiger partial charge on any atom is 0.310 e. The van der Waals surface area contributed by atoms with Crippen LogP contribution in [0.1, 0.15) is 41.0 Å². The third-order valence-corrected chi connectivity index (χ3v) is 6.54. The largest absolute Gasteiger partial charge is 0.394 e. The number of nitrogens with zero attached hydrogens (tertiary/aromatic N) is 2. The summed E-state index contributed by atoms with van der Waals surface area (Å²) in [6, 6.07) is 21.5. The molecule has 10 heteroatoms. The number of nitrogen functional groups attached to an aromatic ring is 1. The van der Waals surface area contributed by atoms with E-state index < -0.39 is 11.9 Å². The number of amides is 1. The summed E-state index contributed by atoms with van der Waals surface area (Å²) in [5, 5.41) is 11.3. The molecule has 0 spiro atoms. The minimum Gasteiger partial charge on any atom is -0.394 e. The van der Waals surface area contributed by atoms with E-state index in [1.807, 2.05) is 61.1 Å². The fraction of sp³-hybridized carbons (Fsp3) is 0.212. The molecule has 4 rings (SSSR count). The topological polar surface area (TPSA) is 127 Å². The Labute approximate surface area is 250 Å². The van der Waals surface area contributed by atoms with Crippen molar-refractivity contribution in [2.24, 2.45) is 5.73 Å². The number of nitrogens with one attached hydrogen (secondary N) is 2. The summed E-state index contributed by atoms with van der Waals surface area (Å²) in [6.45, 7) is 3.66. The van der Waals surface area contributed by atoms with Crippen molar-refractivity contribution in [3.8, 4) is 12.3 Å². The predicted octanol–water partition coefficient (Wildman–Crippen LogP) is 4.34. The first-order valence-corrected chi connectivity index (χ1v) is 13.4. The number of esters is 2. The van der Waals surface area contributed by atoms with E-state index in [1.165, 1.54) is 26.0 Å². The fourth-order valence-electron chi connectivity index (χ4n) is 4.43. The molecule has 4 aromatic rings. The van der Waals surface area contributed by atoms with Crippen molar-refractivity contribution in [3.63, 3.8) is 0 Å². The van der Waals surface area contributed by atoms with E-state index in [4.69, 9.17) is 17.6 Å². The molecule has 1 aromatic heterocycles. The quantitative estimate of drug-likeness (QED) is 0.0709. The molecule has 0 aliphatic rings. The highest BCUT2D eigenvalue weighted by Gasteiger charge is 2.19.